The summed E-state index contributed by atoms with van der Waals surface area (Å²) in [6.45, 7) is 0. The fourth-order valence-corrected chi connectivity index (χ4v) is 6.46. The summed E-state index contributed by atoms with van der Waals surface area (Å²) in [4.78, 5) is 0. The van der Waals surface area contributed by atoms with E-state index in [9.17, 15) is 0 Å². The molecule has 0 saturated carbocycles. The van der Waals surface area contributed by atoms with E-state index >= 15 is 0 Å². The van der Waals surface area contributed by atoms with E-state index in [2.05, 4.69) is 9.76 Å². The van der Waals surface area contributed by atoms with Crippen molar-refractivity contribution in [2.45, 2.75) is 18.5 Å². The first-order valence-corrected chi connectivity index (χ1v) is 7.62. The van der Waals surface area contributed by atoms with Gasteiger partial charge in [-0.05, 0) is 12.5 Å². The average molecular weight is 126 g/mol. The molecule has 0 atom stereocenters. The van der Waals surface area contributed by atoms with E-state index < -0.39 is 0 Å². The van der Waals surface area contributed by atoms with Crippen molar-refractivity contribution in [2.24, 2.45) is 0 Å². The molecule has 0 bridgehead atoms. The van der Waals surface area contributed by atoms with Gasteiger partial charge in [-0.1, -0.05) is 0 Å². The second-order valence-electron chi connectivity index (χ2n) is 1.51. The van der Waals surface area contributed by atoms with Crippen molar-refractivity contribution in [3.63, 3.8) is 0 Å². The highest BCUT2D eigenvalue weighted by atomic mass is 29.5. The van der Waals surface area contributed by atoms with E-state index in [0.717, 1.165) is 0 Å². The van der Waals surface area contributed by atoms with Crippen LogP contribution in [-0.4, -0.2) is 26.6 Å². The first-order chi connectivity index (χ1) is 2.89. The van der Waals surface area contributed by atoms with Crippen molar-refractivity contribution in [1.29, 1.82) is 0 Å². The standard InChI is InChI=1S/C3H6Si3/c4-6-3-1-2-5-6/h1-3H2/q+1. The van der Waals surface area contributed by atoms with Gasteiger partial charge in [0.15, 0.2) is 0 Å². The maximum atomic E-state index is 3.70. The number of hydrogen-bond acceptors (Lipinski definition) is 0. The van der Waals surface area contributed by atoms with Crippen molar-refractivity contribution < 1.29 is 0 Å². The van der Waals surface area contributed by atoms with Gasteiger partial charge in [-0.2, -0.15) is 0 Å². The van der Waals surface area contributed by atoms with Crippen molar-refractivity contribution >= 4 is 26.6 Å². The first-order valence-electron chi connectivity index (χ1n) is 2.21. The molecule has 0 unspecified atom stereocenters. The molecule has 3 heteroatoms. The fraction of sp³-hybridized carbons (Fsp3) is 1.00. The SMILES string of the molecule is [Si][Si]1CCC[Si+]1. The molecule has 1 aliphatic heterocycles. The van der Waals surface area contributed by atoms with Gasteiger partial charge in [0.05, 0.1) is 15.8 Å². The predicted molar refractivity (Wildman–Crippen MR) is 31.5 cm³/mol. The Labute approximate surface area is 45.8 Å². The molecule has 1 fully saturated rings. The van der Waals surface area contributed by atoms with Gasteiger partial charge in [0.1, 0.15) is 0 Å². The van der Waals surface area contributed by atoms with Crippen LogP contribution in [0.5, 0.6) is 0 Å². The molecule has 0 N–H and O–H groups in total. The lowest BCUT2D eigenvalue weighted by Gasteiger charge is -1.71. The normalized spacial score (nSPS) is 24.2. The monoisotopic (exact) mass is 126 g/mol. The minimum absolute atomic E-state index is 0.0761. The second-order valence-corrected chi connectivity index (χ2v) is 10.0. The molecule has 0 aliphatic carbocycles. The van der Waals surface area contributed by atoms with Crippen molar-refractivity contribution in [2.75, 3.05) is 0 Å². The van der Waals surface area contributed by atoms with Crippen LogP contribution in [0.3, 0.4) is 0 Å². The molecule has 29 valence electrons. The Balaban J connectivity index is 2.18. The van der Waals surface area contributed by atoms with Gasteiger partial charge >= 0.3 is 9.04 Å². The van der Waals surface area contributed by atoms with Crippen LogP contribution in [0.4, 0.5) is 0 Å². The molecule has 0 nitrogen and oxygen atoms in total. The van der Waals surface area contributed by atoms with Crippen LogP contribution in [0, 0.1) is 0 Å². The van der Waals surface area contributed by atoms with E-state index in [1.807, 2.05) is 0 Å². The Kier molecular flexibility index (Phi) is 1.67. The summed E-state index contributed by atoms with van der Waals surface area (Å²) in [5.74, 6) is 0. The smallest absolute Gasteiger partial charge is 0.0277 e. The highest BCUT2D eigenvalue weighted by Crippen LogP contribution is 2.07. The number of rotatable bonds is 0. The summed E-state index contributed by atoms with van der Waals surface area (Å²) in [6, 6.07) is 3.03. The van der Waals surface area contributed by atoms with Crippen molar-refractivity contribution in [1.82, 2.24) is 0 Å². The maximum Gasteiger partial charge on any atom is 0.411 e. The van der Waals surface area contributed by atoms with Crippen LogP contribution < -0.4 is 0 Å². The molecule has 1 heterocycles. The molecule has 5 radical (unpaired) electrons. The fourth-order valence-electron chi connectivity index (χ4n) is 0.593. The zero-order valence-electron chi connectivity index (χ0n) is 3.62. The minimum atomic E-state index is 0.0761. The lowest BCUT2D eigenvalue weighted by atomic mass is 10.6. The molecular formula is C3H6Si3+. The molecule has 0 aromatic rings. The second kappa shape index (κ2) is 2.09. The van der Waals surface area contributed by atoms with Crippen molar-refractivity contribution in [3.8, 4) is 0 Å². The summed E-state index contributed by atoms with van der Waals surface area (Å²) in [5, 5.41) is 0. The van der Waals surface area contributed by atoms with Gasteiger partial charge in [0, 0.05) is 0 Å². The highest BCUT2D eigenvalue weighted by molar-refractivity contribution is 7.35. The third-order valence-corrected chi connectivity index (χ3v) is 7.95. The molecule has 1 rings (SSSR count). The number of hydrogen-bond donors (Lipinski definition) is 0. The maximum absolute atomic E-state index is 3.70. The first kappa shape index (κ1) is 4.80. The van der Waals surface area contributed by atoms with Crippen LogP contribution >= 0.6 is 0 Å². The molecule has 6 heavy (non-hydrogen) atoms. The summed E-state index contributed by atoms with van der Waals surface area (Å²) in [7, 11) is 5.07. The molecule has 0 aromatic heterocycles. The van der Waals surface area contributed by atoms with Gasteiger partial charge in [0.2, 0.25) is 0 Å². The topological polar surface area (TPSA) is 0 Å². The zero-order chi connectivity index (χ0) is 4.41. The molecule has 1 saturated heterocycles. The van der Waals surface area contributed by atoms with Gasteiger partial charge in [-0.15, -0.1) is 0 Å². The van der Waals surface area contributed by atoms with Crippen LogP contribution in [0.1, 0.15) is 6.42 Å². The van der Waals surface area contributed by atoms with E-state index in [1.165, 1.54) is 27.5 Å². The van der Waals surface area contributed by atoms with E-state index in [0.29, 0.717) is 0 Å². The van der Waals surface area contributed by atoms with Crippen LogP contribution in [-0.2, 0) is 0 Å². The van der Waals surface area contributed by atoms with E-state index in [-0.39, 0.29) is 7.83 Å². The summed E-state index contributed by atoms with van der Waals surface area (Å²) >= 11 is 0. The Morgan fingerprint density at radius 3 is 2.67 bits per heavy atom. The molecule has 0 amide bonds. The molecule has 0 spiro atoms. The summed E-state index contributed by atoms with van der Waals surface area (Å²) in [5.41, 5.74) is 0. The third-order valence-electron chi connectivity index (χ3n) is 0.942. The molecular weight excluding hydrogens is 120 g/mol. The van der Waals surface area contributed by atoms with Gasteiger partial charge in [-0.25, -0.2) is 0 Å². The Morgan fingerprint density at radius 2 is 2.50 bits per heavy atom. The third kappa shape index (κ3) is 1.06. The van der Waals surface area contributed by atoms with Crippen LogP contribution in [0.25, 0.3) is 0 Å². The van der Waals surface area contributed by atoms with Crippen molar-refractivity contribution in [3.05, 3.63) is 0 Å². The van der Waals surface area contributed by atoms with Gasteiger partial charge < -0.3 is 0 Å². The largest absolute Gasteiger partial charge is 0.411 e. The van der Waals surface area contributed by atoms with E-state index in [1.54, 1.807) is 0 Å². The summed E-state index contributed by atoms with van der Waals surface area (Å²) in [6.07, 6.45) is 1.50. The quantitative estimate of drug-likeness (QED) is 0.406. The van der Waals surface area contributed by atoms with E-state index in [4.69, 9.17) is 0 Å². The molecule has 1 aliphatic rings. The van der Waals surface area contributed by atoms with Crippen LogP contribution in [0.15, 0.2) is 0 Å². The lowest BCUT2D eigenvalue weighted by Crippen LogP contribution is -2.14. The lowest BCUT2D eigenvalue weighted by molar-refractivity contribution is 1.09. The predicted octanol–water partition coefficient (Wildman–Crippen LogP) is 0.169. The zero-order valence-corrected chi connectivity index (χ0v) is 6.62. The Morgan fingerprint density at radius 1 is 1.67 bits per heavy atom. The summed E-state index contributed by atoms with van der Waals surface area (Å²) < 4.78 is 0. The Bertz CT molecular complexity index is 39.3. The molecule has 0 aromatic carbocycles. The Hall–Kier alpha value is 0.651. The van der Waals surface area contributed by atoms with Crippen LogP contribution in [0.2, 0.25) is 12.1 Å². The average Bonchev–Trinajstić information content (AvgIpc) is 1.86. The minimum Gasteiger partial charge on any atom is -0.0277 e. The van der Waals surface area contributed by atoms with Gasteiger partial charge in [-0.3, -0.25) is 0 Å². The van der Waals surface area contributed by atoms with Gasteiger partial charge in [0.25, 0.3) is 7.83 Å². The highest BCUT2D eigenvalue weighted by Gasteiger charge is 2.29.